The minimum Gasteiger partial charge on any atom is -0.612 e. The third kappa shape index (κ3) is 4.22. The molecule has 0 bridgehead atoms. The van der Waals surface area contributed by atoms with Gasteiger partial charge in [-0.1, -0.05) is 19.1 Å². The Kier molecular flexibility index (Phi) is 6.05. The largest absolute Gasteiger partial charge is 0.612 e. The molecule has 3 atom stereocenters. The summed E-state index contributed by atoms with van der Waals surface area (Å²) in [6, 6.07) is 9.14. The molecule has 2 aliphatic rings. The maximum atomic E-state index is 13.6. The van der Waals surface area contributed by atoms with Crippen LogP contribution < -0.4 is 4.90 Å². The highest BCUT2D eigenvalue weighted by Crippen LogP contribution is 2.33. The van der Waals surface area contributed by atoms with Gasteiger partial charge in [0.15, 0.2) is 10.5 Å². The Balaban J connectivity index is 1.48. The molecule has 1 unspecified atom stereocenters. The van der Waals surface area contributed by atoms with E-state index in [1.807, 2.05) is 27.6 Å². The standard InChI is InChI=1S/C25H31N5O2S/c1-17-11-13-28(15-17)24-18(2)16-30-23(26-24)14-20(27-30)21-9-6-7-12-29(21)25(31)19-8-4-5-10-22(19)33(3)32/h4-5,8,10,14,16-17,21H,6-7,9,11-13,15H2,1-3H3/t17-,21-,33?/m0/s1. The van der Waals surface area contributed by atoms with Crippen LogP contribution >= 0.6 is 0 Å². The first-order valence-electron chi connectivity index (χ1n) is 11.8. The van der Waals surface area contributed by atoms with Crippen LogP contribution in [0.1, 0.15) is 60.3 Å². The van der Waals surface area contributed by atoms with Crippen LogP contribution in [0.2, 0.25) is 0 Å². The Bertz CT molecular complexity index is 1180. The first kappa shape index (κ1) is 22.2. The molecule has 2 saturated heterocycles. The SMILES string of the molecule is Cc1cn2nc([C@@H]3CCCCN3C(=O)c3ccccc3[S+](C)[O-])cc2nc1N1CC[C@H](C)C1. The maximum absolute atomic E-state index is 13.6. The van der Waals surface area contributed by atoms with Gasteiger partial charge < -0.3 is 14.4 Å². The number of carbonyl (C=O) groups is 1. The van der Waals surface area contributed by atoms with Gasteiger partial charge >= 0.3 is 0 Å². The summed E-state index contributed by atoms with van der Waals surface area (Å²) in [5, 5.41) is 4.85. The quantitative estimate of drug-likeness (QED) is 0.545. The predicted octanol–water partition coefficient (Wildman–Crippen LogP) is 3.99. The third-order valence-corrected chi connectivity index (χ3v) is 7.86. The number of hydrogen-bond acceptors (Lipinski definition) is 5. The molecule has 4 heterocycles. The molecule has 0 radical (unpaired) electrons. The van der Waals surface area contributed by atoms with Crippen LogP contribution in [0.3, 0.4) is 0 Å². The van der Waals surface area contributed by atoms with Crippen molar-refractivity contribution in [2.75, 3.05) is 30.8 Å². The fraction of sp³-hybridized carbons (Fsp3) is 0.480. The topological polar surface area (TPSA) is 76.8 Å². The smallest absolute Gasteiger partial charge is 0.259 e. The van der Waals surface area contributed by atoms with E-state index in [1.165, 1.54) is 6.42 Å². The Morgan fingerprint density at radius 3 is 2.76 bits per heavy atom. The minimum atomic E-state index is -1.22. The number of piperidine rings is 1. The number of aromatic nitrogens is 3. The summed E-state index contributed by atoms with van der Waals surface area (Å²) in [5.41, 5.74) is 3.32. The van der Waals surface area contributed by atoms with Gasteiger partial charge in [-0.25, -0.2) is 9.50 Å². The number of likely N-dealkylation sites (tertiary alicyclic amines) is 1. The molecule has 0 saturated carbocycles. The third-order valence-electron chi connectivity index (χ3n) is 6.88. The van der Waals surface area contributed by atoms with Gasteiger partial charge in [-0.05, 0) is 61.8 Å². The lowest BCUT2D eigenvalue weighted by Crippen LogP contribution is -2.39. The molecular weight excluding hydrogens is 434 g/mol. The van der Waals surface area contributed by atoms with Gasteiger partial charge in [-0.15, -0.1) is 0 Å². The Morgan fingerprint density at radius 1 is 1.18 bits per heavy atom. The number of fused-ring (bicyclic) bond motifs is 1. The number of hydrogen-bond donors (Lipinski definition) is 0. The highest BCUT2D eigenvalue weighted by Gasteiger charge is 2.33. The van der Waals surface area contributed by atoms with E-state index in [1.54, 1.807) is 18.4 Å². The van der Waals surface area contributed by atoms with Crippen LogP contribution in [-0.2, 0) is 11.2 Å². The fourth-order valence-electron chi connectivity index (χ4n) is 5.16. The van der Waals surface area contributed by atoms with Gasteiger partial charge in [-0.3, -0.25) is 4.79 Å². The summed E-state index contributed by atoms with van der Waals surface area (Å²) in [6.07, 6.45) is 7.74. The molecule has 33 heavy (non-hydrogen) atoms. The second kappa shape index (κ2) is 8.99. The molecule has 0 N–H and O–H groups in total. The average Bonchev–Trinajstić information content (AvgIpc) is 3.43. The average molecular weight is 466 g/mol. The summed E-state index contributed by atoms with van der Waals surface area (Å²) in [4.78, 5) is 23.4. The zero-order valence-electron chi connectivity index (χ0n) is 19.5. The lowest BCUT2D eigenvalue weighted by Gasteiger charge is -2.35. The number of benzene rings is 1. The molecule has 8 heteroatoms. The highest BCUT2D eigenvalue weighted by molar-refractivity contribution is 7.90. The normalized spacial score (nSPS) is 22.2. The van der Waals surface area contributed by atoms with Crippen molar-refractivity contribution in [3.63, 3.8) is 0 Å². The first-order chi connectivity index (χ1) is 15.9. The lowest BCUT2D eigenvalue weighted by molar-refractivity contribution is 0.0601. The number of anilines is 1. The van der Waals surface area contributed by atoms with E-state index in [2.05, 4.69) is 24.9 Å². The fourth-order valence-corrected chi connectivity index (χ4v) is 5.90. The van der Waals surface area contributed by atoms with Crippen molar-refractivity contribution in [2.24, 2.45) is 5.92 Å². The van der Waals surface area contributed by atoms with E-state index in [4.69, 9.17) is 10.1 Å². The highest BCUT2D eigenvalue weighted by atomic mass is 32.2. The molecule has 2 aliphatic heterocycles. The summed E-state index contributed by atoms with van der Waals surface area (Å²) in [7, 11) is 0. The molecule has 2 fully saturated rings. The molecule has 5 rings (SSSR count). The second-order valence-electron chi connectivity index (χ2n) is 9.42. The number of rotatable bonds is 4. The zero-order valence-corrected chi connectivity index (χ0v) is 20.3. The predicted molar refractivity (Wildman–Crippen MR) is 130 cm³/mol. The molecular formula is C25H31N5O2S. The molecule has 1 amide bonds. The number of carbonyl (C=O) groups excluding carboxylic acids is 1. The molecule has 0 aliphatic carbocycles. The van der Waals surface area contributed by atoms with Crippen molar-refractivity contribution < 1.29 is 9.35 Å². The Hall–Kier alpha value is -2.58. The van der Waals surface area contributed by atoms with E-state index in [-0.39, 0.29) is 11.9 Å². The second-order valence-corrected chi connectivity index (χ2v) is 10.8. The van der Waals surface area contributed by atoms with E-state index >= 15 is 0 Å². The minimum absolute atomic E-state index is 0.0709. The van der Waals surface area contributed by atoms with E-state index in [0.29, 0.717) is 22.9 Å². The summed E-state index contributed by atoms with van der Waals surface area (Å²) < 4.78 is 14.1. The summed E-state index contributed by atoms with van der Waals surface area (Å²) in [5.74, 6) is 1.65. The van der Waals surface area contributed by atoms with Crippen molar-refractivity contribution >= 4 is 28.5 Å². The van der Waals surface area contributed by atoms with Gasteiger partial charge in [-0.2, -0.15) is 5.10 Å². The maximum Gasteiger partial charge on any atom is 0.259 e. The summed E-state index contributed by atoms with van der Waals surface area (Å²) in [6.45, 7) is 7.12. The van der Waals surface area contributed by atoms with Gasteiger partial charge in [0.2, 0.25) is 0 Å². The van der Waals surface area contributed by atoms with Crippen molar-refractivity contribution in [1.29, 1.82) is 0 Å². The van der Waals surface area contributed by atoms with Gasteiger partial charge in [0.05, 0.1) is 17.3 Å². The molecule has 174 valence electrons. The van der Waals surface area contributed by atoms with Gasteiger partial charge in [0.25, 0.3) is 5.91 Å². The first-order valence-corrected chi connectivity index (χ1v) is 13.3. The van der Waals surface area contributed by atoms with Crippen molar-refractivity contribution in [3.05, 3.63) is 53.3 Å². The van der Waals surface area contributed by atoms with Crippen LogP contribution in [0, 0.1) is 12.8 Å². The molecule has 3 aromatic rings. The summed E-state index contributed by atoms with van der Waals surface area (Å²) >= 11 is -1.22. The molecule has 7 nitrogen and oxygen atoms in total. The van der Waals surface area contributed by atoms with Crippen LogP contribution in [0.4, 0.5) is 5.82 Å². The van der Waals surface area contributed by atoms with Crippen molar-refractivity contribution in [3.8, 4) is 0 Å². The van der Waals surface area contributed by atoms with Gasteiger partial charge in [0, 0.05) is 37.5 Å². The van der Waals surface area contributed by atoms with E-state index in [0.717, 1.165) is 55.1 Å². The van der Waals surface area contributed by atoms with Crippen molar-refractivity contribution in [1.82, 2.24) is 19.5 Å². The molecule has 0 spiro atoms. The lowest BCUT2D eigenvalue weighted by atomic mass is 9.98. The van der Waals surface area contributed by atoms with Crippen LogP contribution in [0.25, 0.3) is 5.65 Å². The number of nitrogens with zero attached hydrogens (tertiary/aromatic N) is 5. The zero-order chi connectivity index (χ0) is 23.1. The molecule has 2 aromatic heterocycles. The van der Waals surface area contributed by atoms with E-state index < -0.39 is 11.2 Å². The van der Waals surface area contributed by atoms with Crippen LogP contribution in [-0.4, -0.2) is 55.8 Å². The Morgan fingerprint density at radius 2 is 2.00 bits per heavy atom. The van der Waals surface area contributed by atoms with Crippen LogP contribution in [0.5, 0.6) is 0 Å². The van der Waals surface area contributed by atoms with Gasteiger partial charge in [0.1, 0.15) is 12.1 Å². The number of aryl methyl sites for hydroxylation is 1. The molecule has 1 aromatic carbocycles. The monoisotopic (exact) mass is 465 g/mol. The van der Waals surface area contributed by atoms with E-state index in [9.17, 15) is 9.35 Å². The van der Waals surface area contributed by atoms with Crippen molar-refractivity contribution in [2.45, 2.75) is 50.5 Å². The number of amides is 1. The Labute approximate surface area is 198 Å². The van der Waals surface area contributed by atoms with Crippen LogP contribution in [0.15, 0.2) is 41.4 Å².